The summed E-state index contributed by atoms with van der Waals surface area (Å²) in [7, 11) is 0. The van der Waals surface area contributed by atoms with Crippen LogP contribution in [0.3, 0.4) is 0 Å². The Hall–Kier alpha value is -1.36. The normalized spacial score (nSPS) is 23.4. The molecule has 3 N–H and O–H groups in total. The summed E-state index contributed by atoms with van der Waals surface area (Å²) in [6.07, 6.45) is 6.13. The average Bonchev–Trinajstić information content (AvgIpc) is 3.15. The van der Waals surface area contributed by atoms with E-state index >= 15 is 0 Å². The van der Waals surface area contributed by atoms with Crippen molar-refractivity contribution in [3.8, 4) is 0 Å². The van der Waals surface area contributed by atoms with Crippen LogP contribution in [-0.4, -0.2) is 22.6 Å². The summed E-state index contributed by atoms with van der Waals surface area (Å²) in [5.41, 5.74) is 2.67. The number of hydrazine groups is 1. The molecule has 1 unspecified atom stereocenters. The van der Waals surface area contributed by atoms with Gasteiger partial charge in [0.25, 0.3) is 0 Å². The van der Waals surface area contributed by atoms with Gasteiger partial charge in [-0.15, -0.1) is 0 Å². The van der Waals surface area contributed by atoms with E-state index in [-0.39, 0.29) is 0 Å². The first-order valence-electron chi connectivity index (χ1n) is 6.94. The average molecular weight is 247 g/mol. The molecule has 2 heterocycles. The second-order valence-electron chi connectivity index (χ2n) is 5.29. The fraction of sp³-hybridized carbons (Fsp3) is 0.692. The number of hydrogen-bond acceptors (Lipinski definition) is 5. The van der Waals surface area contributed by atoms with Crippen molar-refractivity contribution in [2.45, 2.75) is 51.0 Å². The smallest absolute Gasteiger partial charge is 0.145 e. The molecule has 18 heavy (non-hydrogen) atoms. The maximum atomic E-state index is 5.52. The van der Waals surface area contributed by atoms with Gasteiger partial charge in [0.1, 0.15) is 17.5 Å². The summed E-state index contributed by atoms with van der Waals surface area (Å²) >= 11 is 0. The third-order valence-electron chi connectivity index (χ3n) is 3.96. The van der Waals surface area contributed by atoms with Gasteiger partial charge in [-0.2, -0.15) is 0 Å². The van der Waals surface area contributed by atoms with Gasteiger partial charge in [-0.25, -0.2) is 15.8 Å². The van der Waals surface area contributed by atoms with Gasteiger partial charge in [-0.3, -0.25) is 0 Å². The third-order valence-corrected chi connectivity index (χ3v) is 3.96. The maximum absolute atomic E-state index is 5.52. The van der Waals surface area contributed by atoms with E-state index in [1.807, 2.05) is 6.07 Å². The molecule has 1 saturated carbocycles. The lowest BCUT2D eigenvalue weighted by Crippen LogP contribution is -2.30. The summed E-state index contributed by atoms with van der Waals surface area (Å²) in [6.45, 7) is 3.34. The van der Waals surface area contributed by atoms with Gasteiger partial charge in [-0.05, 0) is 32.1 Å². The molecule has 0 spiro atoms. The summed E-state index contributed by atoms with van der Waals surface area (Å²) in [5, 5.41) is 0. The van der Waals surface area contributed by atoms with E-state index in [9.17, 15) is 0 Å². The predicted octanol–water partition coefficient (Wildman–Crippen LogP) is 2.02. The van der Waals surface area contributed by atoms with Crippen LogP contribution >= 0.6 is 0 Å². The molecule has 0 radical (unpaired) electrons. The van der Waals surface area contributed by atoms with Crippen LogP contribution in [0.1, 0.15) is 50.8 Å². The van der Waals surface area contributed by atoms with E-state index in [4.69, 9.17) is 10.8 Å². The molecule has 1 aromatic rings. The summed E-state index contributed by atoms with van der Waals surface area (Å²) in [5.74, 6) is 8.82. The van der Waals surface area contributed by atoms with E-state index in [0.717, 1.165) is 24.0 Å². The van der Waals surface area contributed by atoms with Crippen LogP contribution in [0.15, 0.2) is 6.07 Å². The molecule has 98 valence electrons. The third kappa shape index (κ3) is 2.14. The number of nitrogens with one attached hydrogen (secondary N) is 1. The van der Waals surface area contributed by atoms with Gasteiger partial charge in [-0.1, -0.05) is 6.92 Å². The maximum Gasteiger partial charge on any atom is 0.145 e. The zero-order chi connectivity index (χ0) is 12.5. The highest BCUT2D eigenvalue weighted by Gasteiger charge is 2.30. The van der Waals surface area contributed by atoms with Crippen LogP contribution in [0.5, 0.6) is 0 Å². The lowest BCUT2D eigenvalue weighted by Gasteiger charge is -2.25. The standard InChI is InChI=1S/C13H21N5/c1-2-10-4-3-7-18(10)12-8-11(17-14)15-13(16-12)9-5-6-9/h8-10H,2-7,14H2,1H3,(H,15,16,17). The van der Waals surface area contributed by atoms with Crippen molar-refractivity contribution in [2.24, 2.45) is 5.84 Å². The van der Waals surface area contributed by atoms with E-state index in [1.54, 1.807) is 0 Å². The zero-order valence-electron chi connectivity index (χ0n) is 10.9. The van der Waals surface area contributed by atoms with Crippen LogP contribution in [0, 0.1) is 0 Å². The van der Waals surface area contributed by atoms with Crippen molar-refractivity contribution in [1.82, 2.24) is 9.97 Å². The van der Waals surface area contributed by atoms with E-state index in [2.05, 4.69) is 22.2 Å². The second-order valence-corrected chi connectivity index (χ2v) is 5.29. The molecule has 2 aliphatic rings. The van der Waals surface area contributed by atoms with Crippen LogP contribution in [-0.2, 0) is 0 Å². The highest BCUT2D eigenvalue weighted by atomic mass is 15.3. The minimum absolute atomic E-state index is 0.555. The molecule has 0 amide bonds. The predicted molar refractivity (Wildman–Crippen MR) is 72.5 cm³/mol. The first kappa shape index (κ1) is 11.7. The van der Waals surface area contributed by atoms with Crippen LogP contribution in [0.2, 0.25) is 0 Å². The molecule has 5 nitrogen and oxygen atoms in total. The molecule has 1 aliphatic heterocycles. The minimum Gasteiger partial charge on any atom is -0.353 e. The molecule has 0 bridgehead atoms. The van der Waals surface area contributed by atoms with E-state index in [0.29, 0.717) is 12.0 Å². The molecule has 1 aromatic heterocycles. The summed E-state index contributed by atoms with van der Waals surface area (Å²) in [4.78, 5) is 11.6. The molecule has 1 saturated heterocycles. The van der Waals surface area contributed by atoms with Crippen molar-refractivity contribution in [2.75, 3.05) is 16.9 Å². The molecule has 2 fully saturated rings. The van der Waals surface area contributed by atoms with Crippen LogP contribution in [0.25, 0.3) is 0 Å². The van der Waals surface area contributed by atoms with Crippen molar-refractivity contribution in [3.63, 3.8) is 0 Å². The second kappa shape index (κ2) is 4.72. The SMILES string of the molecule is CCC1CCCN1c1cc(NN)nc(C2CC2)n1. The fourth-order valence-corrected chi connectivity index (χ4v) is 2.76. The molecular weight excluding hydrogens is 226 g/mol. The summed E-state index contributed by atoms with van der Waals surface area (Å²) in [6, 6.07) is 2.59. The van der Waals surface area contributed by atoms with Crippen molar-refractivity contribution < 1.29 is 0 Å². The molecule has 5 heteroatoms. The van der Waals surface area contributed by atoms with Gasteiger partial charge in [0, 0.05) is 24.6 Å². The van der Waals surface area contributed by atoms with Gasteiger partial charge in [0.15, 0.2) is 0 Å². The Balaban J connectivity index is 1.92. The lowest BCUT2D eigenvalue weighted by molar-refractivity contribution is 0.638. The summed E-state index contributed by atoms with van der Waals surface area (Å²) < 4.78 is 0. The number of rotatable bonds is 4. The highest BCUT2D eigenvalue weighted by Crippen LogP contribution is 2.39. The Morgan fingerprint density at radius 2 is 2.22 bits per heavy atom. The quantitative estimate of drug-likeness (QED) is 0.629. The Labute approximate surface area is 108 Å². The number of anilines is 2. The Kier molecular flexibility index (Phi) is 3.07. The number of nitrogens with two attached hydrogens (primary N) is 1. The van der Waals surface area contributed by atoms with E-state index < -0.39 is 0 Å². The molecule has 0 aromatic carbocycles. The fourth-order valence-electron chi connectivity index (χ4n) is 2.76. The van der Waals surface area contributed by atoms with E-state index in [1.165, 1.54) is 32.1 Å². The van der Waals surface area contributed by atoms with Crippen molar-refractivity contribution in [3.05, 3.63) is 11.9 Å². The largest absolute Gasteiger partial charge is 0.353 e. The Morgan fingerprint density at radius 3 is 2.89 bits per heavy atom. The topological polar surface area (TPSA) is 67.1 Å². The highest BCUT2D eigenvalue weighted by molar-refractivity contribution is 5.50. The monoisotopic (exact) mass is 247 g/mol. The number of nitrogen functional groups attached to an aromatic ring is 1. The minimum atomic E-state index is 0.555. The number of nitrogens with zero attached hydrogens (tertiary/aromatic N) is 3. The van der Waals surface area contributed by atoms with Gasteiger partial charge in [0.05, 0.1) is 0 Å². The van der Waals surface area contributed by atoms with Crippen LogP contribution in [0.4, 0.5) is 11.6 Å². The Bertz CT molecular complexity index is 429. The van der Waals surface area contributed by atoms with Crippen molar-refractivity contribution in [1.29, 1.82) is 0 Å². The first-order chi connectivity index (χ1) is 8.81. The molecule has 1 atom stereocenters. The lowest BCUT2D eigenvalue weighted by atomic mass is 10.2. The molecule has 1 aliphatic carbocycles. The van der Waals surface area contributed by atoms with Gasteiger partial charge < -0.3 is 10.3 Å². The van der Waals surface area contributed by atoms with Gasteiger partial charge >= 0.3 is 0 Å². The Morgan fingerprint density at radius 1 is 1.39 bits per heavy atom. The van der Waals surface area contributed by atoms with Gasteiger partial charge in [0.2, 0.25) is 0 Å². The van der Waals surface area contributed by atoms with Crippen LogP contribution < -0.4 is 16.2 Å². The number of aromatic nitrogens is 2. The zero-order valence-corrected chi connectivity index (χ0v) is 10.9. The molecule has 3 rings (SSSR count). The number of hydrogen-bond donors (Lipinski definition) is 2. The molecular formula is C13H21N5. The first-order valence-corrected chi connectivity index (χ1v) is 6.94. The van der Waals surface area contributed by atoms with Crippen molar-refractivity contribution >= 4 is 11.6 Å².